The van der Waals surface area contributed by atoms with Gasteiger partial charge in [0.05, 0.1) is 29.3 Å². The monoisotopic (exact) mass is 1820 g/mol. The summed E-state index contributed by atoms with van der Waals surface area (Å²) in [7, 11) is 0. The standard InChI is InChI=1S/C104H126S14/c1-9-17-25-33-41-71-49-57-85(105-71)79-65-93(113-99(79)89-61-53-75(109-89)45-37-29-21-13-5)83-67-95(115-103(83)97-69-81(87-59-51-73(107-87)43-35-27-19-11-3)101(117-97)91-63-55-77(111-91)47-39-31-23-15-7)96-68-84(94-66-80(86-58-50-72(106-86)42-34-26-18-10-2)100(114-94)90-62-54-76(110-90)46-38-30-22-14-6)104(116-96)98-70-82(88-60-52-74(108-88)44-36-28-20-12-4)102(118-98)92-64-56-78(112-92)48-40-32-24-16-8/h49-70H,9-48H2,1-8H3. The van der Waals surface area contributed by atoms with Gasteiger partial charge in [-0.25, -0.2) is 0 Å². The zero-order valence-corrected chi connectivity index (χ0v) is 83.1. The van der Waals surface area contributed by atoms with E-state index >= 15 is 0 Å². The van der Waals surface area contributed by atoms with Gasteiger partial charge in [-0.15, -0.1) is 159 Å². The van der Waals surface area contributed by atoms with Crippen LogP contribution in [0, 0.1) is 0 Å². The van der Waals surface area contributed by atoms with E-state index in [1.165, 1.54) is 375 Å². The Kier molecular flexibility index (Phi) is 35.6. The normalized spacial score (nSPS) is 11.9. The van der Waals surface area contributed by atoms with E-state index in [2.05, 4.69) is 348 Å². The zero-order valence-electron chi connectivity index (χ0n) is 71.7. The lowest BCUT2D eigenvalue weighted by atomic mass is 10.1. The van der Waals surface area contributed by atoms with Crippen molar-refractivity contribution in [3.05, 3.63) is 172 Å². The summed E-state index contributed by atoms with van der Waals surface area (Å²) in [6.07, 6.45) is 50.4. The van der Waals surface area contributed by atoms with E-state index in [9.17, 15) is 0 Å². The maximum Gasteiger partial charge on any atom is 0.0536 e. The third-order valence-electron chi connectivity index (χ3n) is 23.1. The number of unbranched alkanes of at least 4 members (excludes halogenated alkanes) is 24. The first-order valence-electron chi connectivity index (χ1n) is 45.7. The molecule has 0 aliphatic heterocycles. The van der Waals surface area contributed by atoms with Crippen LogP contribution in [0.3, 0.4) is 0 Å². The second-order valence-electron chi connectivity index (χ2n) is 32.7. The van der Waals surface area contributed by atoms with Gasteiger partial charge in [0.25, 0.3) is 0 Å². The maximum absolute atomic E-state index is 2.69. The highest BCUT2D eigenvalue weighted by Gasteiger charge is 2.30. The average molecular weight is 1830 g/mol. The highest BCUT2D eigenvalue weighted by atomic mass is 32.2. The molecule has 0 aromatic carbocycles. The molecule has 0 N–H and O–H groups in total. The summed E-state index contributed by atoms with van der Waals surface area (Å²) in [5, 5.41) is 0. The minimum Gasteiger partial charge on any atom is -0.140 e. The number of hydrogen-bond acceptors (Lipinski definition) is 14. The van der Waals surface area contributed by atoms with Crippen LogP contribution >= 0.6 is 159 Å². The van der Waals surface area contributed by atoms with Crippen LogP contribution in [0.2, 0.25) is 0 Å². The number of rotatable bonds is 53. The first-order chi connectivity index (χ1) is 58.1. The van der Waals surface area contributed by atoms with Crippen molar-refractivity contribution in [2.45, 2.75) is 312 Å². The van der Waals surface area contributed by atoms with Crippen molar-refractivity contribution >= 4 is 159 Å². The van der Waals surface area contributed by atoms with E-state index in [1.807, 2.05) is 0 Å². The lowest BCUT2D eigenvalue weighted by Gasteiger charge is -2.00. The molecular formula is C104H126S14. The summed E-state index contributed by atoms with van der Waals surface area (Å²) in [6.45, 7) is 18.7. The highest BCUT2D eigenvalue weighted by Crippen LogP contribution is 2.60. The van der Waals surface area contributed by atoms with Crippen LogP contribution in [-0.4, -0.2) is 0 Å². The van der Waals surface area contributed by atoms with Gasteiger partial charge in [0.1, 0.15) is 0 Å². The van der Waals surface area contributed by atoms with Crippen molar-refractivity contribution in [2.24, 2.45) is 0 Å². The Balaban J connectivity index is 0.982. The lowest BCUT2D eigenvalue weighted by molar-refractivity contribution is 0.670. The highest BCUT2D eigenvalue weighted by molar-refractivity contribution is 7.33. The summed E-state index contributed by atoms with van der Waals surface area (Å²) in [5.41, 5.74) is 8.40. The molecule has 0 aliphatic carbocycles. The molecule has 626 valence electrons. The molecule has 0 aliphatic rings. The minimum absolute atomic E-state index is 1.16. The van der Waals surface area contributed by atoms with Crippen molar-refractivity contribution in [1.82, 2.24) is 0 Å². The summed E-state index contributed by atoms with van der Waals surface area (Å²) in [6, 6.07) is 55.7. The number of thiophene rings is 14. The topological polar surface area (TPSA) is 0 Å². The molecule has 0 fully saturated rings. The summed E-state index contributed by atoms with van der Waals surface area (Å²) >= 11 is 28.9. The van der Waals surface area contributed by atoms with Gasteiger partial charge in [-0.2, -0.15) is 0 Å². The van der Waals surface area contributed by atoms with Crippen LogP contribution in [0.1, 0.15) is 300 Å². The van der Waals surface area contributed by atoms with Crippen LogP contribution in [0.15, 0.2) is 133 Å². The van der Waals surface area contributed by atoms with Gasteiger partial charge >= 0.3 is 0 Å². The Morgan fingerprint density at radius 1 is 0.136 bits per heavy atom. The largest absolute Gasteiger partial charge is 0.140 e. The fourth-order valence-corrected chi connectivity index (χ4v) is 33.0. The lowest BCUT2D eigenvalue weighted by Crippen LogP contribution is -1.80. The quantitative estimate of drug-likeness (QED) is 0.0333. The first kappa shape index (κ1) is 90.1. The van der Waals surface area contributed by atoms with Gasteiger partial charge in [0, 0.05) is 141 Å². The third-order valence-corrected chi connectivity index (χ3v) is 40.5. The second kappa shape index (κ2) is 46.7. The van der Waals surface area contributed by atoms with E-state index in [-0.39, 0.29) is 0 Å². The molecule has 14 aromatic heterocycles. The Hall–Kier alpha value is -4.20. The van der Waals surface area contributed by atoms with Crippen LogP contribution in [-0.2, 0) is 51.4 Å². The van der Waals surface area contributed by atoms with Crippen LogP contribution in [0.5, 0.6) is 0 Å². The van der Waals surface area contributed by atoms with Gasteiger partial charge in [0.2, 0.25) is 0 Å². The molecular weight excluding hydrogens is 1700 g/mol. The molecule has 0 nitrogen and oxygen atoms in total. The van der Waals surface area contributed by atoms with Crippen molar-refractivity contribution in [2.75, 3.05) is 0 Å². The van der Waals surface area contributed by atoms with E-state index in [4.69, 9.17) is 0 Å². The first-order valence-corrected chi connectivity index (χ1v) is 57.1. The molecule has 0 unspecified atom stereocenters. The third kappa shape index (κ3) is 23.9. The molecule has 0 radical (unpaired) electrons. The summed E-state index contributed by atoms with van der Waals surface area (Å²) in [4.78, 5) is 40.3. The van der Waals surface area contributed by atoms with E-state index in [1.54, 1.807) is 0 Å². The van der Waals surface area contributed by atoms with Crippen LogP contribution < -0.4 is 0 Å². The number of aryl methyl sites for hydroxylation is 8. The molecule has 0 saturated carbocycles. The van der Waals surface area contributed by atoms with Crippen molar-refractivity contribution < 1.29 is 0 Å². The van der Waals surface area contributed by atoms with Gasteiger partial charge < -0.3 is 0 Å². The molecule has 118 heavy (non-hydrogen) atoms. The average Bonchev–Trinajstić information content (AvgIpc) is 1.59. The molecule has 0 saturated heterocycles. The Morgan fingerprint density at radius 2 is 0.288 bits per heavy atom. The Morgan fingerprint density at radius 3 is 0.500 bits per heavy atom. The van der Waals surface area contributed by atoms with E-state index in [0.717, 1.165) is 51.4 Å². The fraction of sp³-hybridized carbons (Fsp3) is 0.462. The molecule has 0 atom stereocenters. The summed E-state index contributed by atoms with van der Waals surface area (Å²) in [5.74, 6) is 0. The molecule has 14 heterocycles. The Labute approximate surface area is 766 Å². The minimum atomic E-state index is 1.16. The predicted molar refractivity (Wildman–Crippen MR) is 550 cm³/mol. The number of hydrogen-bond donors (Lipinski definition) is 0. The predicted octanol–water partition coefficient (Wildman–Crippen LogP) is 41.2. The van der Waals surface area contributed by atoms with E-state index < -0.39 is 0 Å². The van der Waals surface area contributed by atoms with Gasteiger partial charge in [0.15, 0.2) is 0 Å². The van der Waals surface area contributed by atoms with Crippen LogP contribution in [0.25, 0.3) is 131 Å². The smallest absolute Gasteiger partial charge is 0.0536 e. The fourth-order valence-electron chi connectivity index (χ4n) is 16.2. The van der Waals surface area contributed by atoms with Crippen LogP contribution in [0.4, 0.5) is 0 Å². The summed E-state index contributed by atoms with van der Waals surface area (Å²) < 4.78 is 0. The molecule has 14 aromatic rings. The Bertz CT molecular complexity index is 4380. The maximum atomic E-state index is 2.69. The van der Waals surface area contributed by atoms with E-state index in [0.29, 0.717) is 0 Å². The molecule has 0 amide bonds. The molecule has 0 spiro atoms. The van der Waals surface area contributed by atoms with Gasteiger partial charge in [-0.3, -0.25) is 0 Å². The van der Waals surface area contributed by atoms with Crippen molar-refractivity contribution in [3.8, 4) is 131 Å². The van der Waals surface area contributed by atoms with Gasteiger partial charge in [-0.05, 0) is 236 Å². The molecule has 0 bridgehead atoms. The molecule has 14 rings (SSSR count). The zero-order chi connectivity index (χ0) is 81.4. The van der Waals surface area contributed by atoms with Gasteiger partial charge in [-0.1, -0.05) is 209 Å². The van der Waals surface area contributed by atoms with Crippen molar-refractivity contribution in [1.29, 1.82) is 0 Å². The SMILES string of the molecule is CCCCCCc1ccc(-c2cc(-c3cc(-c4cc(-c5cc(-c6ccc(CCCCCC)s6)c(-c6ccc(CCCCCC)s6)s5)c(-c5cc(-c6ccc(CCCCCC)s6)c(-c6ccc(CCCCCC)s6)s5)s4)sc3-c3cc(-c4ccc(CCCCCC)s4)c(-c4ccc(CCCCCC)s4)s3)sc2-c2ccc(CCCCCC)s2)s1. The van der Waals surface area contributed by atoms with Crippen molar-refractivity contribution in [3.63, 3.8) is 0 Å². The molecule has 14 heteroatoms. The second-order valence-corrected chi connectivity index (χ2v) is 48.4.